The third-order valence-electron chi connectivity index (χ3n) is 3.61. The van der Waals surface area contributed by atoms with Crippen molar-refractivity contribution in [2.75, 3.05) is 19.7 Å². The predicted octanol–water partition coefficient (Wildman–Crippen LogP) is 3.35. The van der Waals surface area contributed by atoms with Crippen LogP contribution in [0.2, 0.25) is 0 Å². The molecule has 0 spiro atoms. The lowest BCUT2D eigenvalue weighted by Gasteiger charge is -2.20. The Labute approximate surface area is 127 Å². The van der Waals surface area contributed by atoms with Crippen LogP contribution in [-0.2, 0) is 0 Å². The van der Waals surface area contributed by atoms with Crippen LogP contribution >= 0.6 is 0 Å². The first-order chi connectivity index (χ1) is 10.2. The average molecular weight is 285 g/mol. The molecule has 0 unspecified atom stereocenters. The molecule has 1 amide bonds. The minimum Gasteiger partial charge on any atom is -0.494 e. The van der Waals surface area contributed by atoms with Gasteiger partial charge in [0.1, 0.15) is 5.75 Å². The van der Waals surface area contributed by atoms with Gasteiger partial charge in [-0.25, -0.2) is 0 Å². The van der Waals surface area contributed by atoms with Crippen LogP contribution in [0.5, 0.6) is 5.75 Å². The number of unbranched alkanes of at least 4 members (excludes halogenated alkanes) is 1. The molecular weight excluding hydrogens is 262 g/mol. The van der Waals surface area contributed by atoms with E-state index < -0.39 is 0 Å². The first-order valence-electron chi connectivity index (χ1n) is 7.70. The summed E-state index contributed by atoms with van der Waals surface area (Å²) in [6.45, 7) is 4.00. The molecule has 0 saturated heterocycles. The van der Waals surface area contributed by atoms with Crippen LogP contribution in [0.25, 0.3) is 0 Å². The number of amides is 1. The molecule has 1 fully saturated rings. The molecule has 0 N–H and O–H groups in total. The van der Waals surface area contributed by atoms with Crippen LogP contribution in [0.1, 0.15) is 43.0 Å². The standard InChI is InChI=1S/C18H23NO2/c1-3-5-13-21-17-10-8-16(9-11-17)18(20)19(12-4-2)14-15-6-7-15/h2,8-11,15H,3,5-7,12-14H2,1H3. The van der Waals surface area contributed by atoms with Crippen LogP contribution in [0.15, 0.2) is 24.3 Å². The van der Waals surface area contributed by atoms with Crippen LogP contribution in [0.3, 0.4) is 0 Å². The first-order valence-corrected chi connectivity index (χ1v) is 7.70. The molecule has 1 aromatic rings. The van der Waals surface area contributed by atoms with Crippen molar-refractivity contribution in [1.29, 1.82) is 0 Å². The second-order valence-electron chi connectivity index (χ2n) is 5.56. The molecule has 112 valence electrons. The van der Waals surface area contributed by atoms with Gasteiger partial charge in [0, 0.05) is 12.1 Å². The number of ether oxygens (including phenoxy) is 1. The zero-order valence-electron chi connectivity index (χ0n) is 12.7. The molecule has 0 aliphatic heterocycles. The van der Waals surface area contributed by atoms with Gasteiger partial charge in [-0.2, -0.15) is 0 Å². The third-order valence-corrected chi connectivity index (χ3v) is 3.61. The Bertz CT molecular complexity index is 497. The average Bonchev–Trinajstić information content (AvgIpc) is 3.31. The molecule has 0 aromatic heterocycles. The van der Waals surface area contributed by atoms with E-state index in [-0.39, 0.29) is 5.91 Å². The highest BCUT2D eigenvalue weighted by Crippen LogP contribution is 2.30. The highest BCUT2D eigenvalue weighted by atomic mass is 16.5. The Balaban J connectivity index is 1.95. The Hall–Kier alpha value is -1.95. The molecular formula is C18H23NO2. The normalized spacial score (nSPS) is 13.5. The van der Waals surface area contributed by atoms with Gasteiger partial charge < -0.3 is 9.64 Å². The Morgan fingerprint density at radius 2 is 2.10 bits per heavy atom. The van der Waals surface area contributed by atoms with Crippen LogP contribution < -0.4 is 4.74 Å². The summed E-state index contributed by atoms with van der Waals surface area (Å²) in [4.78, 5) is 14.2. The molecule has 1 aliphatic rings. The van der Waals surface area contributed by atoms with Crippen LogP contribution in [-0.4, -0.2) is 30.5 Å². The SMILES string of the molecule is C#CCN(CC1CC1)C(=O)c1ccc(OCCCC)cc1. The number of hydrogen-bond acceptors (Lipinski definition) is 2. The lowest BCUT2D eigenvalue weighted by molar-refractivity contribution is 0.0770. The number of hydrogen-bond donors (Lipinski definition) is 0. The zero-order valence-corrected chi connectivity index (χ0v) is 12.7. The minimum absolute atomic E-state index is 0.0139. The lowest BCUT2D eigenvalue weighted by atomic mass is 10.2. The molecule has 0 radical (unpaired) electrons. The maximum Gasteiger partial charge on any atom is 0.254 e. The van der Waals surface area contributed by atoms with Crippen molar-refractivity contribution in [3.63, 3.8) is 0 Å². The Morgan fingerprint density at radius 1 is 1.38 bits per heavy atom. The minimum atomic E-state index is 0.0139. The summed E-state index contributed by atoms with van der Waals surface area (Å²) in [6.07, 6.45) is 9.93. The zero-order chi connectivity index (χ0) is 15.1. The fraction of sp³-hybridized carbons (Fsp3) is 0.500. The summed E-state index contributed by atoms with van der Waals surface area (Å²) in [6, 6.07) is 7.35. The molecule has 21 heavy (non-hydrogen) atoms. The van der Waals surface area contributed by atoms with Gasteiger partial charge in [-0.15, -0.1) is 6.42 Å². The molecule has 0 bridgehead atoms. The fourth-order valence-electron chi connectivity index (χ4n) is 2.15. The van der Waals surface area contributed by atoms with Gasteiger partial charge in [-0.05, 0) is 49.4 Å². The quantitative estimate of drug-likeness (QED) is 0.541. The summed E-state index contributed by atoms with van der Waals surface area (Å²) in [5.41, 5.74) is 0.675. The van der Waals surface area contributed by atoms with Gasteiger partial charge in [-0.3, -0.25) is 4.79 Å². The number of terminal acetylenes is 1. The molecule has 1 aromatic carbocycles. The fourth-order valence-corrected chi connectivity index (χ4v) is 2.15. The van der Waals surface area contributed by atoms with Crippen LogP contribution in [0.4, 0.5) is 0 Å². The number of benzene rings is 1. The van der Waals surface area contributed by atoms with Crippen LogP contribution in [0, 0.1) is 18.3 Å². The first kappa shape index (κ1) is 15.4. The van der Waals surface area contributed by atoms with Crippen molar-refractivity contribution in [3.8, 4) is 18.1 Å². The van der Waals surface area contributed by atoms with Crippen molar-refractivity contribution in [2.24, 2.45) is 5.92 Å². The van der Waals surface area contributed by atoms with Crippen molar-refractivity contribution in [1.82, 2.24) is 4.90 Å². The molecule has 1 saturated carbocycles. The topological polar surface area (TPSA) is 29.5 Å². The highest BCUT2D eigenvalue weighted by Gasteiger charge is 2.26. The highest BCUT2D eigenvalue weighted by molar-refractivity contribution is 5.94. The molecule has 1 aliphatic carbocycles. The molecule has 3 heteroatoms. The van der Waals surface area contributed by atoms with E-state index in [9.17, 15) is 4.79 Å². The van der Waals surface area contributed by atoms with E-state index >= 15 is 0 Å². The smallest absolute Gasteiger partial charge is 0.254 e. The second kappa shape index (κ2) is 7.73. The van der Waals surface area contributed by atoms with Crippen molar-refractivity contribution >= 4 is 5.91 Å². The van der Waals surface area contributed by atoms with E-state index in [0.717, 1.165) is 25.1 Å². The number of nitrogens with zero attached hydrogens (tertiary/aromatic N) is 1. The maximum absolute atomic E-state index is 12.5. The maximum atomic E-state index is 12.5. The lowest BCUT2D eigenvalue weighted by Crippen LogP contribution is -2.33. The summed E-state index contributed by atoms with van der Waals surface area (Å²) in [5, 5.41) is 0. The third kappa shape index (κ3) is 4.82. The van der Waals surface area contributed by atoms with Gasteiger partial charge in [0.2, 0.25) is 0 Å². The van der Waals surface area contributed by atoms with Gasteiger partial charge in [0.05, 0.1) is 13.2 Å². The Morgan fingerprint density at radius 3 is 2.67 bits per heavy atom. The van der Waals surface area contributed by atoms with E-state index in [1.165, 1.54) is 12.8 Å². The summed E-state index contributed by atoms with van der Waals surface area (Å²) < 4.78 is 5.61. The number of carbonyl (C=O) groups is 1. The molecule has 0 atom stereocenters. The van der Waals surface area contributed by atoms with Crippen molar-refractivity contribution in [2.45, 2.75) is 32.6 Å². The predicted molar refractivity (Wildman–Crippen MR) is 84.3 cm³/mol. The number of rotatable bonds is 8. The molecule has 3 nitrogen and oxygen atoms in total. The van der Waals surface area contributed by atoms with Gasteiger partial charge in [0.25, 0.3) is 5.91 Å². The molecule has 0 heterocycles. The number of carbonyl (C=O) groups excluding carboxylic acids is 1. The second-order valence-corrected chi connectivity index (χ2v) is 5.56. The van der Waals surface area contributed by atoms with Gasteiger partial charge >= 0.3 is 0 Å². The van der Waals surface area contributed by atoms with Gasteiger partial charge in [-0.1, -0.05) is 19.3 Å². The Kier molecular flexibility index (Phi) is 5.68. The van der Waals surface area contributed by atoms with E-state index in [1.54, 1.807) is 4.90 Å². The van der Waals surface area contributed by atoms with Crippen molar-refractivity contribution < 1.29 is 9.53 Å². The van der Waals surface area contributed by atoms with Gasteiger partial charge in [0.15, 0.2) is 0 Å². The summed E-state index contributed by atoms with van der Waals surface area (Å²) in [7, 11) is 0. The largest absolute Gasteiger partial charge is 0.494 e. The van der Waals surface area contributed by atoms with E-state index in [4.69, 9.17) is 11.2 Å². The summed E-state index contributed by atoms with van der Waals surface area (Å²) in [5.74, 6) is 4.04. The monoisotopic (exact) mass is 285 g/mol. The molecule has 2 rings (SSSR count). The van der Waals surface area contributed by atoms with E-state index in [0.29, 0.717) is 24.6 Å². The van der Waals surface area contributed by atoms with Crippen molar-refractivity contribution in [3.05, 3.63) is 29.8 Å². The van der Waals surface area contributed by atoms with E-state index in [2.05, 4.69) is 12.8 Å². The van der Waals surface area contributed by atoms with E-state index in [1.807, 2.05) is 24.3 Å². The summed E-state index contributed by atoms with van der Waals surface area (Å²) >= 11 is 0.